The first-order valence-electron chi connectivity index (χ1n) is 9.39. The normalized spacial score (nSPS) is 13.2. The van der Waals surface area contributed by atoms with Crippen molar-refractivity contribution in [2.75, 3.05) is 13.7 Å². The fourth-order valence-electron chi connectivity index (χ4n) is 3.64. The zero-order chi connectivity index (χ0) is 18.6. The molecule has 2 aromatic carbocycles. The summed E-state index contributed by atoms with van der Waals surface area (Å²) in [4.78, 5) is 15.6. The van der Waals surface area contributed by atoms with Crippen molar-refractivity contribution < 1.29 is 14.3 Å². The lowest BCUT2D eigenvalue weighted by Gasteiger charge is -2.11. The second kappa shape index (κ2) is 7.74. The summed E-state index contributed by atoms with van der Waals surface area (Å²) >= 11 is 0. The molecule has 5 nitrogen and oxygen atoms in total. The van der Waals surface area contributed by atoms with Gasteiger partial charge in [0.1, 0.15) is 11.5 Å². The lowest BCUT2D eigenvalue weighted by atomic mass is 9.95. The number of nitrogens with one attached hydrogen (secondary N) is 2. The predicted molar refractivity (Wildman–Crippen MR) is 105 cm³/mol. The van der Waals surface area contributed by atoms with Gasteiger partial charge in [-0.25, -0.2) is 0 Å². The first kappa shape index (κ1) is 17.5. The highest BCUT2D eigenvalue weighted by Crippen LogP contribution is 2.29. The molecule has 5 heteroatoms. The number of rotatable bonds is 6. The average molecular weight is 364 g/mol. The van der Waals surface area contributed by atoms with E-state index in [1.165, 1.54) is 35.0 Å². The second-order valence-corrected chi connectivity index (χ2v) is 6.91. The number of H-pyrrole nitrogens is 1. The molecule has 0 radical (unpaired) electrons. The van der Waals surface area contributed by atoms with Crippen molar-refractivity contribution in [3.8, 4) is 11.5 Å². The van der Waals surface area contributed by atoms with Crippen LogP contribution in [-0.2, 0) is 24.2 Å². The number of aryl methyl sites for hydroxylation is 2. The topological polar surface area (TPSA) is 63.4 Å². The molecular weight excluding hydrogens is 340 g/mol. The van der Waals surface area contributed by atoms with Gasteiger partial charge in [-0.1, -0.05) is 6.07 Å². The van der Waals surface area contributed by atoms with E-state index < -0.39 is 0 Å². The van der Waals surface area contributed by atoms with Gasteiger partial charge in [0.2, 0.25) is 0 Å². The van der Waals surface area contributed by atoms with Crippen molar-refractivity contribution in [2.45, 2.75) is 32.2 Å². The van der Waals surface area contributed by atoms with Crippen LogP contribution in [0.25, 0.3) is 10.9 Å². The van der Waals surface area contributed by atoms with Crippen LogP contribution < -0.4 is 14.8 Å². The highest BCUT2D eigenvalue weighted by atomic mass is 16.5. The Kier molecular flexibility index (Phi) is 5.01. The SMILES string of the molecule is COc1ccc(OCC(=O)NCc2ccc3[nH]c4c(c3c2)CCCC4)cc1. The van der Waals surface area contributed by atoms with Crippen molar-refractivity contribution in [1.29, 1.82) is 0 Å². The lowest BCUT2D eigenvalue weighted by molar-refractivity contribution is -0.123. The third-order valence-electron chi connectivity index (χ3n) is 5.08. The van der Waals surface area contributed by atoms with Gasteiger partial charge in [0.05, 0.1) is 7.11 Å². The molecule has 0 bridgehead atoms. The summed E-state index contributed by atoms with van der Waals surface area (Å²) < 4.78 is 10.6. The Hall–Kier alpha value is -2.95. The van der Waals surface area contributed by atoms with Gasteiger partial charge < -0.3 is 19.8 Å². The first-order chi connectivity index (χ1) is 13.2. The van der Waals surface area contributed by atoms with Crippen molar-refractivity contribution in [1.82, 2.24) is 10.3 Å². The van der Waals surface area contributed by atoms with Crippen molar-refractivity contribution in [3.05, 3.63) is 59.3 Å². The number of methoxy groups -OCH3 is 1. The smallest absolute Gasteiger partial charge is 0.258 e. The molecule has 1 aliphatic rings. The standard InChI is InChI=1S/C22H24N2O3/c1-26-16-7-9-17(10-8-16)27-14-22(25)23-13-15-6-11-21-19(12-15)18-4-2-3-5-20(18)24-21/h6-12,24H,2-5,13-14H2,1H3,(H,23,25). The summed E-state index contributed by atoms with van der Waals surface area (Å²) in [5.41, 5.74) is 5.13. The third-order valence-corrected chi connectivity index (χ3v) is 5.08. The average Bonchev–Trinajstić information content (AvgIpc) is 3.09. The van der Waals surface area contributed by atoms with Gasteiger partial charge in [-0.15, -0.1) is 0 Å². The Balaban J connectivity index is 1.34. The largest absolute Gasteiger partial charge is 0.497 e. The first-order valence-corrected chi connectivity index (χ1v) is 9.39. The third kappa shape index (κ3) is 3.92. The maximum atomic E-state index is 12.1. The van der Waals surface area contributed by atoms with Crippen LogP contribution in [0.4, 0.5) is 0 Å². The summed E-state index contributed by atoms with van der Waals surface area (Å²) in [6, 6.07) is 13.6. The number of carbonyl (C=O) groups is 1. The molecule has 0 unspecified atom stereocenters. The van der Waals surface area contributed by atoms with E-state index in [0.29, 0.717) is 12.3 Å². The molecule has 0 saturated heterocycles. The molecule has 140 valence electrons. The van der Waals surface area contributed by atoms with Crippen LogP contribution >= 0.6 is 0 Å². The van der Waals surface area contributed by atoms with E-state index in [9.17, 15) is 4.79 Å². The van der Waals surface area contributed by atoms with E-state index in [2.05, 4.69) is 28.5 Å². The van der Waals surface area contributed by atoms with E-state index >= 15 is 0 Å². The molecule has 0 fully saturated rings. The van der Waals surface area contributed by atoms with Crippen LogP contribution in [-0.4, -0.2) is 24.6 Å². The van der Waals surface area contributed by atoms with E-state index in [1.807, 2.05) is 0 Å². The quantitative estimate of drug-likeness (QED) is 0.700. The summed E-state index contributed by atoms with van der Waals surface area (Å²) in [7, 11) is 1.62. The van der Waals surface area contributed by atoms with Crippen LogP contribution in [0, 0.1) is 0 Å². The zero-order valence-corrected chi connectivity index (χ0v) is 15.5. The number of benzene rings is 2. The molecule has 0 aliphatic heterocycles. The van der Waals surface area contributed by atoms with Crippen molar-refractivity contribution in [3.63, 3.8) is 0 Å². The molecule has 0 atom stereocenters. The van der Waals surface area contributed by atoms with E-state index in [-0.39, 0.29) is 12.5 Å². The number of hydrogen-bond acceptors (Lipinski definition) is 3. The fourth-order valence-corrected chi connectivity index (χ4v) is 3.64. The molecule has 27 heavy (non-hydrogen) atoms. The van der Waals surface area contributed by atoms with E-state index in [4.69, 9.17) is 9.47 Å². The molecule has 1 heterocycles. The summed E-state index contributed by atoms with van der Waals surface area (Å²) in [6.07, 6.45) is 4.79. The van der Waals surface area contributed by atoms with Crippen LogP contribution in [0.15, 0.2) is 42.5 Å². The molecule has 1 aliphatic carbocycles. The Labute approximate surface area is 158 Å². The minimum Gasteiger partial charge on any atom is -0.497 e. The molecular formula is C22H24N2O3. The highest BCUT2D eigenvalue weighted by molar-refractivity contribution is 5.86. The molecule has 1 amide bonds. The van der Waals surface area contributed by atoms with Crippen LogP contribution in [0.5, 0.6) is 11.5 Å². The van der Waals surface area contributed by atoms with Crippen molar-refractivity contribution in [2.24, 2.45) is 0 Å². The number of ether oxygens (including phenoxy) is 2. The van der Waals surface area contributed by atoms with Crippen LogP contribution in [0.2, 0.25) is 0 Å². The van der Waals surface area contributed by atoms with Gasteiger partial charge in [0, 0.05) is 23.1 Å². The van der Waals surface area contributed by atoms with Crippen molar-refractivity contribution >= 4 is 16.8 Å². The molecule has 4 rings (SSSR count). The number of amides is 1. The van der Waals surface area contributed by atoms with Gasteiger partial charge in [-0.2, -0.15) is 0 Å². The maximum Gasteiger partial charge on any atom is 0.258 e. The van der Waals surface area contributed by atoms with Crippen LogP contribution in [0.1, 0.15) is 29.7 Å². The summed E-state index contributed by atoms with van der Waals surface area (Å²) in [5.74, 6) is 1.27. The summed E-state index contributed by atoms with van der Waals surface area (Å²) in [5, 5.41) is 4.23. The minimum atomic E-state index is -0.137. The highest BCUT2D eigenvalue weighted by Gasteiger charge is 2.15. The monoisotopic (exact) mass is 364 g/mol. The van der Waals surface area contributed by atoms with Gasteiger partial charge in [-0.05, 0) is 73.2 Å². The second-order valence-electron chi connectivity index (χ2n) is 6.91. The van der Waals surface area contributed by atoms with E-state index in [0.717, 1.165) is 24.2 Å². The van der Waals surface area contributed by atoms with Gasteiger partial charge >= 0.3 is 0 Å². The zero-order valence-electron chi connectivity index (χ0n) is 15.5. The molecule has 0 spiro atoms. The maximum absolute atomic E-state index is 12.1. The Morgan fingerprint density at radius 3 is 2.67 bits per heavy atom. The van der Waals surface area contributed by atoms with Gasteiger partial charge in [0.15, 0.2) is 6.61 Å². The molecule has 1 aromatic heterocycles. The number of carbonyl (C=O) groups excluding carboxylic acids is 1. The minimum absolute atomic E-state index is 0.00583. The number of aromatic nitrogens is 1. The Bertz CT molecular complexity index is 944. The Morgan fingerprint density at radius 1 is 1.07 bits per heavy atom. The fraction of sp³-hybridized carbons (Fsp3) is 0.318. The lowest BCUT2D eigenvalue weighted by Crippen LogP contribution is -2.28. The molecule has 3 aromatic rings. The van der Waals surface area contributed by atoms with Gasteiger partial charge in [-0.3, -0.25) is 4.79 Å². The van der Waals surface area contributed by atoms with Gasteiger partial charge in [0.25, 0.3) is 5.91 Å². The van der Waals surface area contributed by atoms with Crippen LogP contribution in [0.3, 0.4) is 0 Å². The predicted octanol–water partition coefficient (Wildman–Crippen LogP) is 3.75. The summed E-state index contributed by atoms with van der Waals surface area (Å²) in [6.45, 7) is 0.495. The number of aromatic amines is 1. The van der Waals surface area contributed by atoms with E-state index in [1.54, 1.807) is 31.4 Å². The number of fused-ring (bicyclic) bond motifs is 3. The molecule has 2 N–H and O–H groups in total. The molecule has 0 saturated carbocycles. The Morgan fingerprint density at radius 2 is 1.85 bits per heavy atom. The number of hydrogen-bond donors (Lipinski definition) is 2.